The molecule has 8 rings (SSSR count). The summed E-state index contributed by atoms with van der Waals surface area (Å²) in [5, 5.41) is 5.00. The van der Waals surface area contributed by atoms with Gasteiger partial charge in [0.2, 0.25) is 0 Å². The average Bonchev–Trinajstić information content (AvgIpc) is 3.14. The molecule has 1 saturated heterocycles. The van der Waals surface area contributed by atoms with Crippen molar-refractivity contribution in [3.8, 4) is 17.0 Å². The van der Waals surface area contributed by atoms with Gasteiger partial charge in [-0.15, -0.1) is 0 Å². The Morgan fingerprint density at radius 1 is 1.08 bits per heavy atom. The van der Waals surface area contributed by atoms with Crippen LogP contribution in [0.3, 0.4) is 0 Å². The van der Waals surface area contributed by atoms with Crippen LogP contribution in [-0.2, 0) is 17.7 Å². The number of aromatic nitrogens is 2. The molecule has 2 bridgehead atoms. The maximum absolute atomic E-state index is 14.9. The predicted molar refractivity (Wildman–Crippen MR) is 202 cm³/mol. The van der Waals surface area contributed by atoms with E-state index in [0.717, 1.165) is 29.0 Å². The van der Waals surface area contributed by atoms with Crippen molar-refractivity contribution in [1.82, 2.24) is 19.4 Å². The molecule has 0 radical (unpaired) electrons. The number of hydrogen-bond acceptors (Lipinski definition) is 6. The van der Waals surface area contributed by atoms with Crippen molar-refractivity contribution < 1.29 is 18.7 Å². The van der Waals surface area contributed by atoms with Crippen molar-refractivity contribution in [2.75, 3.05) is 39.2 Å². The molecule has 2 aromatic heterocycles. The molecule has 5 atom stereocenters. The number of benzene rings is 2. The first-order chi connectivity index (χ1) is 25.0. The number of rotatable bonds is 7. The molecule has 11 heteroatoms. The second-order valence-electron chi connectivity index (χ2n) is 15.3. The number of ether oxygens (including phenoxy) is 2. The Balaban J connectivity index is 1.23. The topological polar surface area (TPSA) is 101 Å². The first kappa shape index (κ1) is 35.5. The smallest absolute Gasteiger partial charge is 0.409 e. The van der Waals surface area contributed by atoms with E-state index in [1.165, 1.54) is 26.7 Å². The number of nitrogens with one attached hydrogen (secondary N) is 1. The minimum absolute atomic E-state index is 0.0622. The van der Waals surface area contributed by atoms with E-state index in [-0.39, 0.29) is 36.1 Å². The highest BCUT2D eigenvalue weighted by Gasteiger charge is 2.56. The number of hydrogen-bond donors (Lipinski definition) is 1. The maximum Gasteiger partial charge on any atom is 0.409 e. The van der Waals surface area contributed by atoms with Gasteiger partial charge in [0.15, 0.2) is 5.96 Å². The summed E-state index contributed by atoms with van der Waals surface area (Å²) in [6.45, 7) is 11.2. The molecular weight excluding hydrogens is 659 g/mol. The molecule has 274 valence electrons. The third kappa shape index (κ3) is 6.61. The number of aryl methyl sites for hydroxylation is 1. The van der Waals surface area contributed by atoms with E-state index in [4.69, 9.17) is 14.5 Å². The van der Waals surface area contributed by atoms with Gasteiger partial charge in [0.1, 0.15) is 11.6 Å². The zero-order valence-corrected chi connectivity index (χ0v) is 30.9. The third-order valence-electron chi connectivity index (χ3n) is 12.1. The van der Waals surface area contributed by atoms with Crippen LogP contribution in [0.25, 0.3) is 22.0 Å². The molecule has 10 nitrogen and oxygen atoms in total. The van der Waals surface area contributed by atoms with Gasteiger partial charge in [0.25, 0.3) is 5.56 Å². The van der Waals surface area contributed by atoms with E-state index in [9.17, 15) is 14.0 Å². The molecule has 52 heavy (non-hydrogen) atoms. The lowest BCUT2D eigenvalue weighted by Gasteiger charge is -2.61. The zero-order chi connectivity index (χ0) is 36.7. The van der Waals surface area contributed by atoms with Crippen molar-refractivity contribution in [3.63, 3.8) is 0 Å². The van der Waals surface area contributed by atoms with Crippen LogP contribution < -0.4 is 15.6 Å². The fourth-order valence-corrected chi connectivity index (χ4v) is 8.81. The van der Waals surface area contributed by atoms with Gasteiger partial charge in [-0.1, -0.05) is 26.8 Å². The SMILES string of the molecule is COC(=O)N1CCN(C(=N[C@H]2C[C@@H]3C[C@H]([C@@H]2C)C3(C)C)Nc2ccc3c(=O)n(CCc4ccc(OC)cc4F)c(-c4cccnc4)cc3c2)C[C@@H]1C. The van der Waals surface area contributed by atoms with Gasteiger partial charge in [0, 0.05) is 67.3 Å². The molecule has 4 aromatic rings. The van der Waals surface area contributed by atoms with Crippen LogP contribution >= 0.6 is 0 Å². The molecule has 4 aliphatic rings. The number of halogens is 1. The van der Waals surface area contributed by atoms with Gasteiger partial charge < -0.3 is 29.2 Å². The number of anilines is 1. The molecule has 4 fully saturated rings. The lowest BCUT2D eigenvalue weighted by molar-refractivity contribution is -0.108. The van der Waals surface area contributed by atoms with Gasteiger partial charge in [-0.2, -0.15) is 0 Å². The van der Waals surface area contributed by atoms with Crippen LogP contribution in [0, 0.1) is 29.0 Å². The van der Waals surface area contributed by atoms with Crippen molar-refractivity contribution in [3.05, 3.63) is 88.7 Å². The molecule has 0 spiro atoms. The second-order valence-corrected chi connectivity index (χ2v) is 15.3. The van der Waals surface area contributed by atoms with Crippen LogP contribution in [0.15, 0.2) is 76.8 Å². The number of aliphatic imine (C=N–C) groups is 1. The Morgan fingerprint density at radius 3 is 2.58 bits per heavy atom. The number of fused-ring (bicyclic) bond motifs is 3. The summed E-state index contributed by atoms with van der Waals surface area (Å²) in [6, 6.07) is 16.5. The lowest BCUT2D eigenvalue weighted by Crippen LogP contribution is -2.58. The zero-order valence-electron chi connectivity index (χ0n) is 30.9. The highest BCUT2D eigenvalue weighted by molar-refractivity contribution is 5.97. The van der Waals surface area contributed by atoms with Gasteiger partial charge in [-0.3, -0.25) is 9.78 Å². The van der Waals surface area contributed by atoms with Crippen molar-refractivity contribution in [1.29, 1.82) is 0 Å². The fraction of sp³-hybridized carbons (Fsp3) is 0.463. The van der Waals surface area contributed by atoms with Gasteiger partial charge in [-0.05, 0) is 103 Å². The number of nitrogens with zero attached hydrogens (tertiary/aromatic N) is 5. The van der Waals surface area contributed by atoms with Crippen molar-refractivity contribution >= 4 is 28.5 Å². The van der Waals surface area contributed by atoms with Crippen LogP contribution in [0.2, 0.25) is 0 Å². The summed E-state index contributed by atoms with van der Waals surface area (Å²) >= 11 is 0. The van der Waals surface area contributed by atoms with E-state index in [1.54, 1.807) is 34.0 Å². The summed E-state index contributed by atoms with van der Waals surface area (Å²) in [6.07, 6.45) is 5.78. The second kappa shape index (κ2) is 14.2. The van der Waals surface area contributed by atoms with E-state index in [1.807, 2.05) is 43.3 Å². The third-order valence-corrected chi connectivity index (χ3v) is 12.1. The summed E-state index contributed by atoms with van der Waals surface area (Å²) in [4.78, 5) is 40.4. The van der Waals surface area contributed by atoms with E-state index in [2.05, 4.69) is 36.0 Å². The van der Waals surface area contributed by atoms with Crippen LogP contribution in [0.4, 0.5) is 14.9 Å². The number of methoxy groups -OCH3 is 2. The average molecular weight is 709 g/mol. The molecule has 3 heterocycles. The van der Waals surface area contributed by atoms with Gasteiger partial charge in [-0.25, -0.2) is 14.2 Å². The molecule has 0 unspecified atom stereocenters. The minimum Gasteiger partial charge on any atom is -0.497 e. The Kier molecular flexibility index (Phi) is 9.71. The summed E-state index contributed by atoms with van der Waals surface area (Å²) in [7, 11) is 2.92. The highest BCUT2D eigenvalue weighted by atomic mass is 19.1. The van der Waals surface area contributed by atoms with Gasteiger partial charge >= 0.3 is 6.09 Å². The number of amides is 1. The first-order valence-corrected chi connectivity index (χ1v) is 18.3. The molecular formula is C41H49FN6O4. The van der Waals surface area contributed by atoms with Crippen LogP contribution in [0.5, 0.6) is 5.75 Å². The summed E-state index contributed by atoms with van der Waals surface area (Å²) < 4.78 is 26.8. The predicted octanol–water partition coefficient (Wildman–Crippen LogP) is 7.07. The first-order valence-electron chi connectivity index (χ1n) is 18.3. The fourth-order valence-electron chi connectivity index (χ4n) is 8.81. The molecule has 1 amide bonds. The molecule has 2 aromatic carbocycles. The Morgan fingerprint density at radius 2 is 1.90 bits per heavy atom. The van der Waals surface area contributed by atoms with Crippen LogP contribution in [-0.4, -0.2) is 77.3 Å². The summed E-state index contributed by atoms with van der Waals surface area (Å²) in [5.74, 6) is 2.63. The van der Waals surface area contributed by atoms with Gasteiger partial charge in [0.05, 0.1) is 26.0 Å². The molecule has 3 aliphatic carbocycles. The summed E-state index contributed by atoms with van der Waals surface area (Å²) in [5.41, 5.74) is 3.01. The number of pyridine rings is 2. The lowest BCUT2D eigenvalue weighted by atomic mass is 9.45. The van der Waals surface area contributed by atoms with E-state index < -0.39 is 0 Å². The van der Waals surface area contributed by atoms with Crippen molar-refractivity contribution in [2.24, 2.45) is 28.2 Å². The largest absolute Gasteiger partial charge is 0.497 e. The van der Waals surface area contributed by atoms with E-state index >= 15 is 0 Å². The molecule has 1 N–H and O–H groups in total. The van der Waals surface area contributed by atoms with E-state index in [0.29, 0.717) is 71.6 Å². The maximum atomic E-state index is 14.9. The number of piperazine rings is 1. The highest BCUT2D eigenvalue weighted by Crippen LogP contribution is 2.61. The monoisotopic (exact) mass is 708 g/mol. The number of guanidine groups is 1. The van der Waals surface area contributed by atoms with Crippen LogP contribution in [0.1, 0.15) is 46.1 Å². The Bertz CT molecular complexity index is 2050. The Labute approximate surface area is 304 Å². The number of carbonyl (C=O) groups excluding carboxylic acids is 1. The number of carbonyl (C=O) groups is 1. The standard InChI is InChI=1S/C41H49FN6O4/c1-25-24-46(16-17-47(25)40(50)52-6)39(45-36-21-30-20-34(26(36)2)41(30,3)4)44-31-10-12-33-29(18-31)19-37(28-8-7-14-43-23-28)48(38(33)49)15-13-27-9-11-32(51-5)22-35(27)42/h7-12,14,18-19,22-23,25-26,30,34,36H,13,15-17,20-21,24H2,1-6H3,(H,44,45)/t25-,26-,30-,34+,36-/m0/s1. The normalized spacial score (nSPS) is 24.0. The quantitative estimate of drug-likeness (QED) is 0.162. The van der Waals surface area contributed by atoms with Crippen molar-refractivity contribution in [2.45, 2.75) is 65.6 Å². The molecule has 3 saturated carbocycles. The molecule has 1 aliphatic heterocycles. The Hall–Kier alpha value is -4.93. The minimum atomic E-state index is -0.367.